The van der Waals surface area contributed by atoms with Crippen LogP contribution in [0.2, 0.25) is 0 Å². The predicted octanol–water partition coefficient (Wildman–Crippen LogP) is 7.30. The molecule has 1 N–H and O–H groups in total. The lowest BCUT2D eigenvalue weighted by atomic mass is 9.59. The first-order valence-electron chi connectivity index (χ1n) is 19.4. The second kappa shape index (κ2) is 15.5. The molecule has 4 aliphatic carbocycles. The van der Waals surface area contributed by atoms with Gasteiger partial charge in [0.25, 0.3) is 0 Å². The Morgan fingerprint density at radius 2 is 0.978 bits per heavy atom. The molecule has 0 aromatic carbocycles. The van der Waals surface area contributed by atoms with Gasteiger partial charge in [0.15, 0.2) is 5.78 Å². The minimum Gasteiger partial charge on any atom is -0.388 e. The van der Waals surface area contributed by atoms with Crippen LogP contribution in [-0.4, -0.2) is 80.5 Å². The third-order valence-electron chi connectivity index (χ3n) is 14.0. The molecule has 4 saturated carbocycles. The monoisotopic (exact) mass is 646 g/mol. The van der Waals surface area contributed by atoms with Gasteiger partial charge in [-0.2, -0.15) is 0 Å². The maximum absolute atomic E-state index is 12.4. The Hall–Kier alpha value is -0.570. The molecule has 6 rings (SSSR count). The fourth-order valence-corrected chi connectivity index (χ4v) is 10.1. The maximum Gasteiger partial charge on any atom is 0.166 e. The summed E-state index contributed by atoms with van der Waals surface area (Å²) in [7, 11) is 0. The summed E-state index contributed by atoms with van der Waals surface area (Å²) in [6.07, 6.45) is 19.3. The van der Waals surface area contributed by atoms with Crippen molar-refractivity contribution in [2.45, 2.75) is 167 Å². The summed E-state index contributed by atoms with van der Waals surface area (Å²) in [4.78, 5) is 12.4. The van der Waals surface area contributed by atoms with Crippen LogP contribution >= 0.6 is 0 Å². The fraction of sp³-hybridized carbons (Fsp3) is 0.974. The van der Waals surface area contributed by atoms with Crippen molar-refractivity contribution in [2.75, 3.05) is 33.0 Å². The predicted molar refractivity (Wildman–Crippen MR) is 179 cm³/mol. The topological polar surface area (TPSA) is 90.0 Å². The molecule has 7 heteroatoms. The number of rotatable bonds is 15. The normalized spacial score (nSPS) is 39.5. The van der Waals surface area contributed by atoms with Gasteiger partial charge in [-0.1, -0.05) is 27.7 Å². The van der Waals surface area contributed by atoms with E-state index in [1.165, 1.54) is 64.2 Å². The van der Waals surface area contributed by atoms with E-state index in [4.69, 9.17) is 23.7 Å². The van der Waals surface area contributed by atoms with E-state index < -0.39 is 6.10 Å². The third kappa shape index (κ3) is 9.15. The molecule has 7 nitrogen and oxygen atoms in total. The van der Waals surface area contributed by atoms with Gasteiger partial charge in [-0.05, 0) is 137 Å². The first-order valence-corrected chi connectivity index (χ1v) is 19.4. The third-order valence-corrected chi connectivity index (χ3v) is 14.0. The zero-order chi connectivity index (χ0) is 32.3. The van der Waals surface area contributed by atoms with Crippen LogP contribution in [0.1, 0.15) is 130 Å². The Labute approximate surface area is 279 Å². The van der Waals surface area contributed by atoms with E-state index in [1.807, 2.05) is 0 Å². The van der Waals surface area contributed by atoms with E-state index >= 15 is 0 Å². The number of aliphatic hydroxyl groups excluding tert-OH is 1. The minimum absolute atomic E-state index is 0.0816. The van der Waals surface area contributed by atoms with Crippen molar-refractivity contribution in [3.63, 3.8) is 0 Å². The van der Waals surface area contributed by atoms with Gasteiger partial charge in [0, 0.05) is 5.92 Å². The van der Waals surface area contributed by atoms with Crippen molar-refractivity contribution in [1.82, 2.24) is 0 Å². The first-order chi connectivity index (χ1) is 22.1. The van der Waals surface area contributed by atoms with Gasteiger partial charge in [0.2, 0.25) is 0 Å². The van der Waals surface area contributed by atoms with Crippen molar-refractivity contribution >= 4 is 5.78 Å². The van der Waals surface area contributed by atoms with Crippen molar-refractivity contribution in [2.24, 2.45) is 40.4 Å². The Bertz CT molecular complexity index is 941. The number of aliphatic hydroxyl groups is 1. The molecular formula is C39H66O7. The minimum atomic E-state index is -0.550. The quantitative estimate of drug-likeness (QED) is 0.187. The molecule has 2 heterocycles. The number of hydrogen-bond donors (Lipinski definition) is 1. The summed E-state index contributed by atoms with van der Waals surface area (Å²) >= 11 is 0. The Balaban J connectivity index is 0.823. The average molecular weight is 647 g/mol. The fourth-order valence-electron chi connectivity index (χ4n) is 10.1. The molecule has 0 aromatic rings. The number of carbonyl (C=O) groups is 1. The van der Waals surface area contributed by atoms with Gasteiger partial charge in [0.05, 0.1) is 51.3 Å². The Morgan fingerprint density at radius 1 is 0.609 bits per heavy atom. The average Bonchev–Trinajstić information content (AvgIpc) is 4.01. The van der Waals surface area contributed by atoms with Gasteiger partial charge in [-0.15, -0.1) is 0 Å². The number of epoxide rings is 2. The largest absolute Gasteiger partial charge is 0.388 e. The molecule has 2 saturated heterocycles. The van der Waals surface area contributed by atoms with E-state index in [9.17, 15) is 9.90 Å². The highest BCUT2D eigenvalue weighted by atomic mass is 16.6. The van der Waals surface area contributed by atoms with Crippen molar-refractivity contribution < 1.29 is 33.6 Å². The Kier molecular flexibility index (Phi) is 11.9. The van der Waals surface area contributed by atoms with Crippen LogP contribution in [0.15, 0.2) is 0 Å². The number of Topliss-reactive ketones (excluding diaryl/α,β-unsaturated/α-hetero) is 1. The number of hydrogen-bond acceptors (Lipinski definition) is 7. The number of ether oxygens (including phenoxy) is 5. The van der Waals surface area contributed by atoms with Gasteiger partial charge in [-0.3, -0.25) is 4.79 Å². The summed E-state index contributed by atoms with van der Waals surface area (Å²) < 4.78 is 29.1. The molecule has 3 unspecified atom stereocenters. The second-order valence-corrected chi connectivity index (χ2v) is 17.4. The van der Waals surface area contributed by atoms with Crippen molar-refractivity contribution in [3.8, 4) is 0 Å². The van der Waals surface area contributed by atoms with E-state index in [0.29, 0.717) is 60.5 Å². The van der Waals surface area contributed by atoms with Crippen molar-refractivity contribution in [1.29, 1.82) is 0 Å². The van der Waals surface area contributed by atoms with Crippen LogP contribution < -0.4 is 0 Å². The van der Waals surface area contributed by atoms with E-state index in [2.05, 4.69) is 27.7 Å². The van der Waals surface area contributed by atoms with Gasteiger partial charge < -0.3 is 28.8 Å². The lowest BCUT2D eigenvalue weighted by Crippen LogP contribution is -2.40. The van der Waals surface area contributed by atoms with Gasteiger partial charge in [-0.25, -0.2) is 0 Å². The summed E-state index contributed by atoms with van der Waals surface area (Å²) in [6, 6.07) is 0. The maximum atomic E-state index is 12.4. The highest BCUT2D eigenvalue weighted by Crippen LogP contribution is 2.51. The molecule has 0 amide bonds. The standard InChI is InChI=1S/C39H66O7/c1-38(2,27-7-5-26(6-8-27)37(41)36-25-46-36)28-9-15-32(16-10-28)42-21-31(40)22-43-33-17-11-29(12-18-33)39(3,4)30-13-19-34(20-14-30)44-23-35-24-45-35/h26-36,40H,5-25H2,1-4H3. The Morgan fingerprint density at radius 3 is 1.35 bits per heavy atom. The summed E-state index contributed by atoms with van der Waals surface area (Å²) in [5, 5.41) is 10.7. The smallest absolute Gasteiger partial charge is 0.166 e. The molecule has 3 atom stereocenters. The molecule has 0 spiro atoms. The SMILES string of the molecule is CC(C)(C1CCC(OCC(O)COC2CCC(C(C)(C)C3CCC(C(=O)C4CO4)CC3)CC2)CC1)C1CCC(OCC2CO2)CC1. The van der Waals surface area contributed by atoms with E-state index in [1.54, 1.807) is 0 Å². The zero-order valence-corrected chi connectivity index (χ0v) is 29.6. The summed E-state index contributed by atoms with van der Waals surface area (Å²) in [5.74, 6) is 3.54. The van der Waals surface area contributed by atoms with Gasteiger partial charge >= 0.3 is 0 Å². The van der Waals surface area contributed by atoms with E-state index in [0.717, 1.165) is 63.6 Å². The highest BCUT2D eigenvalue weighted by Gasteiger charge is 2.44. The van der Waals surface area contributed by atoms with Crippen LogP contribution in [-0.2, 0) is 28.5 Å². The lowest BCUT2D eigenvalue weighted by molar-refractivity contribution is -0.126. The molecule has 46 heavy (non-hydrogen) atoms. The second-order valence-electron chi connectivity index (χ2n) is 17.4. The molecule has 0 aromatic heterocycles. The molecule has 6 fully saturated rings. The molecule has 0 radical (unpaired) electrons. The molecule has 0 bridgehead atoms. The van der Waals surface area contributed by atoms with Crippen LogP contribution in [0, 0.1) is 40.4 Å². The van der Waals surface area contributed by atoms with E-state index in [-0.39, 0.29) is 24.2 Å². The van der Waals surface area contributed by atoms with Crippen molar-refractivity contribution in [3.05, 3.63) is 0 Å². The number of ketones is 1. The van der Waals surface area contributed by atoms with Crippen LogP contribution in [0.4, 0.5) is 0 Å². The molecule has 2 aliphatic heterocycles. The summed E-state index contributed by atoms with van der Waals surface area (Å²) in [6.45, 7) is 13.0. The molecule has 6 aliphatic rings. The molecular weight excluding hydrogens is 580 g/mol. The summed E-state index contributed by atoms with van der Waals surface area (Å²) in [5.41, 5.74) is 0.665. The van der Waals surface area contributed by atoms with Crippen LogP contribution in [0.25, 0.3) is 0 Å². The van der Waals surface area contributed by atoms with Crippen LogP contribution in [0.5, 0.6) is 0 Å². The lowest BCUT2D eigenvalue weighted by Gasteiger charge is -2.46. The number of carbonyl (C=O) groups excluding carboxylic acids is 1. The van der Waals surface area contributed by atoms with Gasteiger partial charge in [0.1, 0.15) is 18.3 Å². The van der Waals surface area contributed by atoms with Crippen LogP contribution in [0.3, 0.4) is 0 Å². The zero-order valence-electron chi connectivity index (χ0n) is 29.6. The highest BCUT2D eigenvalue weighted by molar-refractivity contribution is 5.87. The molecule has 264 valence electrons. The first kappa shape index (κ1) is 35.3.